The SMILES string of the molecule is CC1(C)c2ccccc2-c2ccc(-c3ccc4c(c3)-c3cccc5cccc(c35)[Si]4(C)C)cc21. The van der Waals surface area contributed by atoms with Crippen LogP contribution in [-0.4, -0.2) is 8.07 Å². The molecule has 1 aliphatic heterocycles. The fraction of sp³-hybridized carbons (Fsp3) is 0.152. The second kappa shape index (κ2) is 6.58. The summed E-state index contributed by atoms with van der Waals surface area (Å²) in [7, 11) is -1.77. The lowest BCUT2D eigenvalue weighted by Gasteiger charge is -2.33. The van der Waals surface area contributed by atoms with Crippen molar-refractivity contribution in [2.45, 2.75) is 32.4 Å². The Bertz CT molecular complexity index is 1650. The summed E-state index contributed by atoms with van der Waals surface area (Å²) in [4.78, 5) is 0. The van der Waals surface area contributed by atoms with Crippen molar-refractivity contribution >= 4 is 29.2 Å². The third-order valence-electron chi connectivity index (χ3n) is 8.48. The van der Waals surface area contributed by atoms with E-state index in [2.05, 4.69) is 124 Å². The van der Waals surface area contributed by atoms with Crippen LogP contribution in [0.25, 0.3) is 44.2 Å². The van der Waals surface area contributed by atoms with E-state index in [1.54, 1.807) is 10.4 Å². The lowest BCUT2D eigenvalue weighted by Crippen LogP contribution is -2.55. The molecule has 0 atom stereocenters. The van der Waals surface area contributed by atoms with Crippen molar-refractivity contribution in [1.29, 1.82) is 0 Å². The highest BCUT2D eigenvalue weighted by molar-refractivity contribution is 7.03. The topological polar surface area (TPSA) is 0 Å². The van der Waals surface area contributed by atoms with Crippen LogP contribution in [0.2, 0.25) is 13.1 Å². The van der Waals surface area contributed by atoms with E-state index in [4.69, 9.17) is 0 Å². The molecular weight excluding hydrogens is 424 g/mol. The Hall–Kier alpha value is -3.42. The highest BCUT2D eigenvalue weighted by Crippen LogP contribution is 2.49. The monoisotopic (exact) mass is 452 g/mol. The zero-order valence-corrected chi connectivity index (χ0v) is 21.2. The lowest BCUT2D eigenvalue weighted by molar-refractivity contribution is 0.660. The Morgan fingerprint density at radius 2 is 1.21 bits per heavy atom. The second-order valence-corrected chi connectivity index (χ2v) is 15.4. The predicted octanol–water partition coefficient (Wildman–Crippen LogP) is 7.62. The van der Waals surface area contributed by atoms with E-state index < -0.39 is 8.07 Å². The molecule has 0 bridgehead atoms. The molecular formula is C33H28Si. The summed E-state index contributed by atoms with van der Waals surface area (Å²) >= 11 is 0. The summed E-state index contributed by atoms with van der Waals surface area (Å²) in [5.41, 5.74) is 11.1. The van der Waals surface area contributed by atoms with E-state index in [0.29, 0.717) is 0 Å². The van der Waals surface area contributed by atoms with E-state index in [1.807, 2.05) is 0 Å². The van der Waals surface area contributed by atoms with E-state index in [-0.39, 0.29) is 5.41 Å². The van der Waals surface area contributed by atoms with Crippen LogP contribution >= 0.6 is 0 Å². The molecule has 34 heavy (non-hydrogen) atoms. The van der Waals surface area contributed by atoms with Gasteiger partial charge in [0.15, 0.2) is 0 Å². The first-order valence-corrected chi connectivity index (χ1v) is 15.3. The molecule has 0 N–H and O–H groups in total. The maximum Gasteiger partial charge on any atom is 0.113 e. The third-order valence-corrected chi connectivity index (χ3v) is 12.0. The van der Waals surface area contributed by atoms with Crippen molar-refractivity contribution in [3.8, 4) is 33.4 Å². The molecule has 5 aromatic rings. The van der Waals surface area contributed by atoms with Gasteiger partial charge < -0.3 is 0 Å². The molecule has 1 heteroatoms. The molecule has 0 amide bonds. The zero-order valence-electron chi connectivity index (χ0n) is 20.2. The standard InChI is InChI=1S/C33H28Si/c1-33(2)28-13-6-5-11-24(28)25-17-15-23(20-29(25)33)22-16-18-30-27(19-22)26-12-7-9-21-10-8-14-31(32(21)26)34(30,3)4/h5-20H,1-4H3. The minimum absolute atomic E-state index is 0.0234. The Kier molecular flexibility index (Phi) is 3.87. The fourth-order valence-electron chi connectivity index (χ4n) is 6.61. The van der Waals surface area contributed by atoms with Crippen LogP contribution in [0.1, 0.15) is 25.0 Å². The van der Waals surface area contributed by atoms with E-state index >= 15 is 0 Å². The molecule has 0 saturated carbocycles. The Labute approximate surface area is 202 Å². The molecule has 0 saturated heterocycles. The number of benzene rings is 5. The van der Waals surface area contributed by atoms with Crippen LogP contribution in [0, 0.1) is 0 Å². The van der Waals surface area contributed by atoms with Crippen LogP contribution in [0.5, 0.6) is 0 Å². The summed E-state index contributed by atoms with van der Waals surface area (Å²) in [6, 6.07) is 36.9. The van der Waals surface area contributed by atoms with Crippen LogP contribution in [0.3, 0.4) is 0 Å². The van der Waals surface area contributed by atoms with Crippen molar-refractivity contribution in [3.05, 3.63) is 108 Å². The van der Waals surface area contributed by atoms with Gasteiger partial charge in [-0.25, -0.2) is 0 Å². The van der Waals surface area contributed by atoms with E-state index in [1.165, 1.54) is 55.3 Å². The molecule has 5 aromatic carbocycles. The molecule has 7 rings (SSSR count). The number of hydrogen-bond acceptors (Lipinski definition) is 0. The first-order chi connectivity index (χ1) is 16.4. The molecule has 1 aliphatic carbocycles. The van der Waals surface area contributed by atoms with Crippen molar-refractivity contribution in [3.63, 3.8) is 0 Å². The Morgan fingerprint density at radius 3 is 2.06 bits per heavy atom. The first-order valence-electron chi connectivity index (χ1n) is 12.3. The average Bonchev–Trinajstić information content (AvgIpc) is 3.09. The third kappa shape index (κ3) is 2.48. The molecule has 0 spiro atoms. The number of fused-ring (bicyclic) bond motifs is 5. The van der Waals surface area contributed by atoms with Crippen LogP contribution in [-0.2, 0) is 5.41 Å². The van der Waals surface area contributed by atoms with Gasteiger partial charge in [0.05, 0.1) is 0 Å². The highest BCUT2D eigenvalue weighted by Gasteiger charge is 2.37. The van der Waals surface area contributed by atoms with Gasteiger partial charge in [0, 0.05) is 5.41 Å². The molecule has 0 unspecified atom stereocenters. The largest absolute Gasteiger partial charge is 0.113 e. The zero-order chi connectivity index (χ0) is 23.2. The summed E-state index contributed by atoms with van der Waals surface area (Å²) in [6.07, 6.45) is 0. The van der Waals surface area contributed by atoms with Gasteiger partial charge in [0.1, 0.15) is 8.07 Å². The van der Waals surface area contributed by atoms with Crippen molar-refractivity contribution < 1.29 is 0 Å². The Balaban J connectivity index is 1.44. The maximum absolute atomic E-state index is 2.51. The fourth-order valence-corrected chi connectivity index (χ4v) is 9.69. The molecule has 164 valence electrons. The van der Waals surface area contributed by atoms with Crippen molar-refractivity contribution in [1.82, 2.24) is 0 Å². The Morgan fingerprint density at radius 1 is 0.529 bits per heavy atom. The van der Waals surface area contributed by atoms with Gasteiger partial charge >= 0.3 is 0 Å². The minimum Gasteiger partial charge on any atom is -0.0619 e. The molecule has 1 heterocycles. The van der Waals surface area contributed by atoms with Gasteiger partial charge in [-0.15, -0.1) is 0 Å². The number of rotatable bonds is 1. The lowest BCUT2D eigenvalue weighted by atomic mass is 9.81. The summed E-state index contributed by atoms with van der Waals surface area (Å²) in [5, 5.41) is 5.95. The quantitative estimate of drug-likeness (QED) is 0.230. The summed E-state index contributed by atoms with van der Waals surface area (Å²) < 4.78 is 0. The smallest absolute Gasteiger partial charge is 0.0619 e. The van der Waals surface area contributed by atoms with Gasteiger partial charge in [0.25, 0.3) is 0 Å². The van der Waals surface area contributed by atoms with Gasteiger partial charge in [-0.05, 0) is 77.8 Å². The predicted molar refractivity (Wildman–Crippen MR) is 149 cm³/mol. The molecule has 0 aromatic heterocycles. The van der Waals surface area contributed by atoms with Crippen LogP contribution in [0.4, 0.5) is 0 Å². The van der Waals surface area contributed by atoms with Crippen molar-refractivity contribution in [2.75, 3.05) is 0 Å². The molecule has 0 nitrogen and oxygen atoms in total. The molecule has 0 radical (unpaired) electrons. The first kappa shape index (κ1) is 20.0. The van der Waals surface area contributed by atoms with Crippen molar-refractivity contribution in [2.24, 2.45) is 0 Å². The van der Waals surface area contributed by atoms with Gasteiger partial charge in [-0.1, -0.05) is 112 Å². The molecule has 2 aliphatic rings. The summed E-state index contributed by atoms with van der Waals surface area (Å²) in [6.45, 7) is 9.73. The van der Waals surface area contributed by atoms with E-state index in [0.717, 1.165) is 0 Å². The maximum atomic E-state index is 2.51. The second-order valence-electron chi connectivity index (χ2n) is 11.0. The van der Waals surface area contributed by atoms with Gasteiger partial charge in [-0.3, -0.25) is 0 Å². The average molecular weight is 453 g/mol. The molecule has 0 fully saturated rings. The van der Waals surface area contributed by atoms with E-state index in [9.17, 15) is 0 Å². The normalized spacial score (nSPS) is 16.1. The summed E-state index contributed by atoms with van der Waals surface area (Å²) in [5.74, 6) is 0. The van der Waals surface area contributed by atoms with Gasteiger partial charge in [-0.2, -0.15) is 0 Å². The minimum atomic E-state index is -1.77. The van der Waals surface area contributed by atoms with Crippen LogP contribution < -0.4 is 10.4 Å². The highest BCUT2D eigenvalue weighted by atomic mass is 28.3. The van der Waals surface area contributed by atoms with Crippen LogP contribution in [0.15, 0.2) is 97.1 Å². The van der Waals surface area contributed by atoms with Gasteiger partial charge in [0.2, 0.25) is 0 Å². The number of hydrogen-bond donors (Lipinski definition) is 0.